The number of likely N-dealkylation sites (N-methyl/N-ethyl adjacent to an activating group) is 2. The van der Waals surface area contributed by atoms with Gasteiger partial charge in [0.25, 0.3) is 11.8 Å². The van der Waals surface area contributed by atoms with E-state index < -0.39 is 0 Å². The van der Waals surface area contributed by atoms with Gasteiger partial charge in [0, 0.05) is 30.9 Å². The first-order chi connectivity index (χ1) is 14.6. The third-order valence-electron chi connectivity index (χ3n) is 6.16. The fraction of sp³-hybridized carbons (Fsp3) is 0.480. The number of anilines is 1. The van der Waals surface area contributed by atoms with Crippen molar-refractivity contribution in [2.75, 3.05) is 24.5 Å². The van der Waals surface area contributed by atoms with E-state index in [0.717, 1.165) is 29.7 Å². The van der Waals surface area contributed by atoms with Gasteiger partial charge in [0.1, 0.15) is 5.57 Å². The molecule has 1 fully saturated rings. The molecular formula is C25H33N3O2S. The first-order valence-electron chi connectivity index (χ1n) is 11.1. The average Bonchev–Trinajstić information content (AvgIpc) is 2.69. The molecule has 6 heteroatoms. The number of hydrogen-bond acceptors (Lipinski definition) is 4. The minimum atomic E-state index is -0.319. The zero-order chi connectivity index (χ0) is 23.1. The molecular weight excluding hydrogens is 406 g/mol. The molecule has 3 rings (SSSR count). The van der Waals surface area contributed by atoms with Gasteiger partial charge in [-0.1, -0.05) is 13.0 Å². The van der Waals surface area contributed by atoms with Crippen molar-refractivity contribution in [1.29, 1.82) is 0 Å². The van der Waals surface area contributed by atoms with Gasteiger partial charge in [0.05, 0.1) is 5.54 Å². The fourth-order valence-corrected chi connectivity index (χ4v) is 4.99. The molecule has 1 saturated heterocycles. The highest BCUT2D eigenvalue weighted by Crippen LogP contribution is 2.40. The Bertz CT molecular complexity index is 978. The number of nitrogens with zero attached hydrogens (tertiary/aromatic N) is 3. The van der Waals surface area contributed by atoms with Crippen LogP contribution in [0.1, 0.15) is 64.7 Å². The van der Waals surface area contributed by atoms with Crippen molar-refractivity contribution in [3.8, 4) is 0 Å². The summed E-state index contributed by atoms with van der Waals surface area (Å²) in [7, 11) is 0. The first kappa shape index (κ1) is 23.2. The van der Waals surface area contributed by atoms with Crippen LogP contribution in [0.5, 0.6) is 0 Å². The molecule has 0 radical (unpaired) electrons. The molecule has 2 amide bonds. The van der Waals surface area contributed by atoms with Gasteiger partial charge >= 0.3 is 0 Å². The molecule has 0 aromatic heterocycles. The van der Waals surface area contributed by atoms with Crippen LogP contribution in [0.15, 0.2) is 23.8 Å². The standard InChI is InChI=1S/C25H33N3O2S/c1-8-11-28-21-12-16(4)18(13-19(21)17(5)15-25(28,6)7)14-20-22(29)26(9-2)24(31)27(10-3)23(20)30/h12-15H,8-11H2,1-7H3. The van der Waals surface area contributed by atoms with Crippen molar-refractivity contribution >= 4 is 46.5 Å². The predicted molar refractivity (Wildman–Crippen MR) is 132 cm³/mol. The number of amides is 2. The van der Waals surface area contributed by atoms with Gasteiger partial charge in [-0.3, -0.25) is 19.4 Å². The van der Waals surface area contributed by atoms with E-state index in [0.29, 0.717) is 13.1 Å². The van der Waals surface area contributed by atoms with Crippen molar-refractivity contribution in [3.05, 3.63) is 40.5 Å². The molecule has 5 nitrogen and oxygen atoms in total. The molecule has 166 valence electrons. The lowest BCUT2D eigenvalue weighted by molar-refractivity contribution is -0.133. The molecule has 1 aromatic rings. The maximum Gasteiger partial charge on any atom is 0.265 e. The number of hydrogen-bond donors (Lipinski definition) is 0. The van der Waals surface area contributed by atoms with Crippen LogP contribution in [0.2, 0.25) is 0 Å². The second-order valence-electron chi connectivity index (χ2n) is 8.80. The Morgan fingerprint density at radius 3 is 2.10 bits per heavy atom. The number of aryl methyl sites for hydroxylation is 1. The van der Waals surface area contributed by atoms with Crippen LogP contribution >= 0.6 is 12.2 Å². The Kier molecular flexibility index (Phi) is 6.42. The molecule has 31 heavy (non-hydrogen) atoms. The first-order valence-corrected chi connectivity index (χ1v) is 11.5. The van der Waals surface area contributed by atoms with E-state index in [2.05, 4.69) is 50.8 Å². The summed E-state index contributed by atoms with van der Waals surface area (Å²) < 4.78 is 0. The number of fused-ring (bicyclic) bond motifs is 1. The summed E-state index contributed by atoms with van der Waals surface area (Å²) >= 11 is 5.37. The van der Waals surface area contributed by atoms with E-state index >= 15 is 0 Å². The minimum absolute atomic E-state index is 0.0617. The van der Waals surface area contributed by atoms with Crippen LogP contribution in [-0.4, -0.2) is 51.9 Å². The van der Waals surface area contributed by atoms with E-state index in [4.69, 9.17) is 12.2 Å². The fourth-order valence-electron chi connectivity index (χ4n) is 4.57. The number of carbonyl (C=O) groups is 2. The summed E-state index contributed by atoms with van der Waals surface area (Å²) in [5, 5.41) is 0.288. The average molecular weight is 440 g/mol. The lowest BCUT2D eigenvalue weighted by Gasteiger charge is -2.43. The summed E-state index contributed by atoms with van der Waals surface area (Å²) in [4.78, 5) is 31.5. The summed E-state index contributed by atoms with van der Waals surface area (Å²) in [5.41, 5.74) is 5.60. The van der Waals surface area contributed by atoms with Gasteiger partial charge < -0.3 is 4.90 Å². The molecule has 2 aliphatic heterocycles. The number of allylic oxidation sites excluding steroid dienone is 1. The Morgan fingerprint density at radius 2 is 1.58 bits per heavy atom. The van der Waals surface area contributed by atoms with Crippen molar-refractivity contribution in [1.82, 2.24) is 9.80 Å². The summed E-state index contributed by atoms with van der Waals surface area (Å²) in [6, 6.07) is 4.30. The highest BCUT2D eigenvalue weighted by molar-refractivity contribution is 7.80. The van der Waals surface area contributed by atoms with Crippen LogP contribution in [-0.2, 0) is 9.59 Å². The van der Waals surface area contributed by atoms with E-state index in [1.54, 1.807) is 6.08 Å². The van der Waals surface area contributed by atoms with Gasteiger partial charge in [-0.05, 0) is 95.1 Å². The summed E-state index contributed by atoms with van der Waals surface area (Å²) in [6.07, 6.45) is 5.10. The van der Waals surface area contributed by atoms with E-state index in [1.807, 2.05) is 20.8 Å². The molecule has 0 bridgehead atoms. The molecule has 0 N–H and O–H groups in total. The van der Waals surface area contributed by atoms with Crippen LogP contribution < -0.4 is 4.90 Å². The predicted octanol–water partition coefficient (Wildman–Crippen LogP) is 4.79. The number of benzene rings is 1. The van der Waals surface area contributed by atoms with Crippen molar-refractivity contribution < 1.29 is 9.59 Å². The highest BCUT2D eigenvalue weighted by Gasteiger charge is 2.38. The third-order valence-corrected chi connectivity index (χ3v) is 6.60. The van der Waals surface area contributed by atoms with Crippen LogP contribution in [0, 0.1) is 6.92 Å². The Labute approximate surface area is 191 Å². The molecule has 0 unspecified atom stereocenters. The molecule has 2 aliphatic rings. The topological polar surface area (TPSA) is 43.9 Å². The van der Waals surface area contributed by atoms with Gasteiger partial charge in [0.2, 0.25) is 0 Å². The van der Waals surface area contributed by atoms with Crippen molar-refractivity contribution in [2.45, 2.75) is 60.4 Å². The van der Waals surface area contributed by atoms with Crippen molar-refractivity contribution in [2.24, 2.45) is 0 Å². The Hall–Kier alpha value is -2.47. The highest BCUT2D eigenvalue weighted by atomic mass is 32.1. The molecule has 1 aromatic carbocycles. The smallest absolute Gasteiger partial charge is 0.265 e. The molecule has 2 heterocycles. The number of thiocarbonyl (C=S) groups is 1. The van der Waals surface area contributed by atoms with Crippen LogP contribution in [0.4, 0.5) is 5.69 Å². The van der Waals surface area contributed by atoms with E-state index in [9.17, 15) is 9.59 Å². The molecule has 0 saturated carbocycles. The monoisotopic (exact) mass is 439 g/mol. The zero-order valence-electron chi connectivity index (χ0n) is 19.7. The summed E-state index contributed by atoms with van der Waals surface area (Å²) in [5.74, 6) is -0.638. The lowest BCUT2D eigenvalue weighted by Crippen LogP contribution is -2.55. The summed E-state index contributed by atoms with van der Waals surface area (Å²) in [6.45, 7) is 16.4. The second-order valence-corrected chi connectivity index (χ2v) is 9.16. The number of carbonyl (C=O) groups excluding carboxylic acids is 2. The SMILES string of the molecule is CCCN1c2cc(C)c(C=C3C(=O)N(CC)C(=S)N(CC)C3=O)cc2C(C)=CC1(C)C. The van der Waals surface area contributed by atoms with Gasteiger partial charge in [-0.2, -0.15) is 0 Å². The van der Waals surface area contributed by atoms with Gasteiger partial charge in [0.15, 0.2) is 5.11 Å². The number of rotatable bonds is 5. The quantitative estimate of drug-likeness (QED) is 0.376. The normalized spacial score (nSPS) is 18.4. The molecule has 0 atom stereocenters. The Balaban J connectivity index is 2.14. The van der Waals surface area contributed by atoms with E-state index in [1.165, 1.54) is 21.1 Å². The third kappa shape index (κ3) is 3.93. The van der Waals surface area contributed by atoms with Gasteiger partial charge in [-0.25, -0.2) is 0 Å². The van der Waals surface area contributed by atoms with Crippen molar-refractivity contribution in [3.63, 3.8) is 0 Å². The van der Waals surface area contributed by atoms with Crippen LogP contribution in [0.3, 0.4) is 0 Å². The van der Waals surface area contributed by atoms with E-state index in [-0.39, 0.29) is 28.0 Å². The minimum Gasteiger partial charge on any atom is -0.362 e. The van der Waals surface area contributed by atoms with Crippen LogP contribution in [0.25, 0.3) is 11.6 Å². The zero-order valence-corrected chi connectivity index (χ0v) is 20.5. The molecule has 0 spiro atoms. The second kappa shape index (κ2) is 8.58. The van der Waals surface area contributed by atoms with Gasteiger partial charge in [-0.15, -0.1) is 0 Å². The molecule has 0 aliphatic carbocycles. The maximum absolute atomic E-state index is 13.0. The lowest BCUT2D eigenvalue weighted by atomic mass is 9.86. The maximum atomic E-state index is 13.0. The Morgan fingerprint density at radius 1 is 1.00 bits per heavy atom. The largest absolute Gasteiger partial charge is 0.362 e.